The van der Waals surface area contributed by atoms with Crippen LogP contribution in [0.2, 0.25) is 0 Å². The van der Waals surface area contributed by atoms with Crippen molar-refractivity contribution in [3.05, 3.63) is 0 Å². The summed E-state index contributed by atoms with van der Waals surface area (Å²) in [6.07, 6.45) is 1.16. The smallest absolute Gasteiger partial charge is 0.242 e. The number of amides is 1. The molecule has 6 nitrogen and oxygen atoms in total. The fourth-order valence-corrected chi connectivity index (χ4v) is 2.03. The van der Waals surface area contributed by atoms with E-state index in [0.717, 1.165) is 39.1 Å². The molecule has 23 heavy (non-hydrogen) atoms. The van der Waals surface area contributed by atoms with Crippen LogP contribution in [-0.4, -0.2) is 61.6 Å². The molecule has 0 aliphatic heterocycles. The molecule has 3 N–H and O–H groups in total. The van der Waals surface area contributed by atoms with Gasteiger partial charge < -0.3 is 20.9 Å². The molecule has 0 heterocycles. The number of carbonyl (C=O) groups is 1. The van der Waals surface area contributed by atoms with Crippen molar-refractivity contribution >= 4 is 35.8 Å². The minimum atomic E-state index is -0.222. The number of halogens is 1. The third kappa shape index (κ3) is 14.7. The van der Waals surface area contributed by atoms with Gasteiger partial charge in [-0.1, -0.05) is 13.8 Å². The highest BCUT2D eigenvalue weighted by Gasteiger charge is 2.13. The van der Waals surface area contributed by atoms with Crippen LogP contribution in [0.15, 0.2) is 4.99 Å². The number of hydrogen-bond donors (Lipinski definition) is 3. The van der Waals surface area contributed by atoms with Gasteiger partial charge in [0.25, 0.3) is 0 Å². The van der Waals surface area contributed by atoms with Crippen LogP contribution >= 0.6 is 24.0 Å². The number of guanidine groups is 1. The van der Waals surface area contributed by atoms with Gasteiger partial charge >= 0.3 is 0 Å². The molecule has 7 heteroatoms. The molecule has 0 aliphatic rings. The molecule has 0 saturated heterocycles. The normalized spacial score (nSPS) is 11.9. The van der Waals surface area contributed by atoms with E-state index in [9.17, 15) is 4.79 Å². The van der Waals surface area contributed by atoms with Crippen LogP contribution in [0, 0.1) is 0 Å². The number of likely N-dealkylation sites (N-methyl/N-ethyl adjacent to an activating group) is 1. The molecule has 0 aromatic rings. The summed E-state index contributed by atoms with van der Waals surface area (Å²) in [5, 5.41) is 9.35. The molecule has 0 aromatic heterocycles. The van der Waals surface area contributed by atoms with E-state index in [4.69, 9.17) is 0 Å². The highest BCUT2D eigenvalue weighted by Crippen LogP contribution is 1.97. The summed E-state index contributed by atoms with van der Waals surface area (Å²) in [5.41, 5.74) is -0.222. The van der Waals surface area contributed by atoms with Crippen LogP contribution in [0.1, 0.15) is 48.0 Å². The van der Waals surface area contributed by atoms with Crippen LogP contribution in [0.3, 0.4) is 0 Å². The van der Waals surface area contributed by atoms with Crippen molar-refractivity contribution in [1.29, 1.82) is 0 Å². The van der Waals surface area contributed by atoms with Crippen LogP contribution in [0.5, 0.6) is 0 Å². The zero-order valence-electron chi connectivity index (χ0n) is 15.7. The second-order valence-electron chi connectivity index (χ2n) is 6.35. The number of aliphatic imine (C=N–C) groups is 1. The van der Waals surface area contributed by atoms with E-state index in [1.165, 1.54) is 0 Å². The molecule has 0 fully saturated rings. The Kier molecular flexibility index (Phi) is 14.8. The lowest BCUT2D eigenvalue weighted by atomic mass is 10.1. The topological polar surface area (TPSA) is 68.8 Å². The number of hydrogen-bond acceptors (Lipinski definition) is 3. The van der Waals surface area contributed by atoms with Gasteiger partial charge in [0.1, 0.15) is 6.54 Å². The van der Waals surface area contributed by atoms with E-state index < -0.39 is 0 Å². The van der Waals surface area contributed by atoms with Crippen LogP contribution < -0.4 is 16.0 Å². The molecule has 0 saturated carbocycles. The maximum atomic E-state index is 11.8. The van der Waals surface area contributed by atoms with Crippen LogP contribution in [0.4, 0.5) is 0 Å². The molecule has 0 aliphatic carbocycles. The Balaban J connectivity index is 0. The molecule has 0 aromatic carbocycles. The largest absolute Gasteiger partial charge is 0.357 e. The summed E-state index contributed by atoms with van der Waals surface area (Å²) in [4.78, 5) is 18.5. The number of carbonyl (C=O) groups excluding carboxylic acids is 1. The second-order valence-corrected chi connectivity index (χ2v) is 6.35. The second kappa shape index (κ2) is 13.8. The predicted octanol–water partition coefficient (Wildman–Crippen LogP) is 1.81. The van der Waals surface area contributed by atoms with Crippen molar-refractivity contribution in [2.75, 3.05) is 39.3 Å². The Hall–Kier alpha value is -0.570. The number of nitrogens with zero attached hydrogens (tertiary/aromatic N) is 2. The summed E-state index contributed by atoms with van der Waals surface area (Å²) < 4.78 is 0. The van der Waals surface area contributed by atoms with Gasteiger partial charge in [0.15, 0.2) is 5.96 Å². The van der Waals surface area contributed by atoms with Gasteiger partial charge in [0.05, 0.1) is 0 Å². The summed E-state index contributed by atoms with van der Waals surface area (Å²) in [6, 6.07) is 0. The quantitative estimate of drug-likeness (QED) is 0.290. The molecule has 1 amide bonds. The maximum Gasteiger partial charge on any atom is 0.242 e. The van der Waals surface area contributed by atoms with Crippen LogP contribution in [-0.2, 0) is 4.79 Å². The number of nitrogens with one attached hydrogen (secondary N) is 3. The third-order valence-corrected chi connectivity index (χ3v) is 2.95. The fraction of sp³-hybridized carbons (Fsp3) is 0.875. The lowest BCUT2D eigenvalue weighted by Gasteiger charge is -2.21. The Bertz CT molecular complexity index is 342. The van der Waals surface area contributed by atoms with Gasteiger partial charge in [-0.25, -0.2) is 4.99 Å². The van der Waals surface area contributed by atoms with Gasteiger partial charge in [-0.05, 0) is 47.2 Å². The molecule has 0 rings (SSSR count). The molecule has 0 spiro atoms. The van der Waals surface area contributed by atoms with E-state index in [1.807, 2.05) is 27.7 Å². The molecular formula is C16H36IN5O. The highest BCUT2D eigenvalue weighted by molar-refractivity contribution is 14.0. The Morgan fingerprint density at radius 2 is 1.74 bits per heavy atom. The van der Waals surface area contributed by atoms with Gasteiger partial charge in [-0.15, -0.1) is 24.0 Å². The minimum absolute atomic E-state index is 0. The van der Waals surface area contributed by atoms with Crippen molar-refractivity contribution in [3.8, 4) is 0 Å². The van der Waals surface area contributed by atoms with E-state index in [1.54, 1.807) is 0 Å². The first-order valence-electron chi connectivity index (χ1n) is 8.37. The van der Waals surface area contributed by atoms with E-state index >= 15 is 0 Å². The number of rotatable bonds is 9. The zero-order chi connectivity index (χ0) is 17.0. The molecular weight excluding hydrogens is 405 g/mol. The van der Waals surface area contributed by atoms with Crippen molar-refractivity contribution < 1.29 is 4.79 Å². The average Bonchev–Trinajstić information content (AvgIpc) is 2.41. The van der Waals surface area contributed by atoms with E-state index in [2.05, 4.69) is 39.7 Å². The van der Waals surface area contributed by atoms with E-state index in [0.29, 0.717) is 5.96 Å². The lowest BCUT2D eigenvalue weighted by molar-refractivity contribution is -0.121. The molecule has 0 bridgehead atoms. The summed E-state index contributed by atoms with van der Waals surface area (Å²) >= 11 is 0. The van der Waals surface area contributed by atoms with Crippen molar-refractivity contribution in [2.24, 2.45) is 4.99 Å². The molecule has 0 radical (unpaired) electrons. The fourth-order valence-electron chi connectivity index (χ4n) is 2.03. The monoisotopic (exact) mass is 441 g/mol. The third-order valence-electron chi connectivity index (χ3n) is 2.95. The average molecular weight is 441 g/mol. The summed E-state index contributed by atoms with van der Waals surface area (Å²) in [7, 11) is 0. The van der Waals surface area contributed by atoms with Crippen molar-refractivity contribution in [2.45, 2.75) is 53.5 Å². The molecule has 0 unspecified atom stereocenters. The van der Waals surface area contributed by atoms with Gasteiger partial charge in [-0.2, -0.15) is 0 Å². The Morgan fingerprint density at radius 3 is 2.22 bits per heavy atom. The SMILES string of the molecule is CCCN(CC)CCNC(=NCC(=O)NC(C)(C)C)NCC.I. The Labute approximate surface area is 159 Å². The standard InChI is InChI=1S/C16H35N5O.HI/c1-7-11-21(9-3)12-10-18-15(17-8-2)19-13-14(22)20-16(4,5)6;/h7-13H2,1-6H3,(H,20,22)(H2,17,18,19);1H. The van der Waals surface area contributed by atoms with Gasteiger partial charge in [0.2, 0.25) is 5.91 Å². The van der Waals surface area contributed by atoms with Crippen LogP contribution in [0.25, 0.3) is 0 Å². The lowest BCUT2D eigenvalue weighted by Crippen LogP contribution is -2.44. The maximum absolute atomic E-state index is 11.8. The van der Waals surface area contributed by atoms with Crippen molar-refractivity contribution in [3.63, 3.8) is 0 Å². The Morgan fingerprint density at radius 1 is 1.09 bits per heavy atom. The highest BCUT2D eigenvalue weighted by atomic mass is 127. The molecule has 0 atom stereocenters. The predicted molar refractivity (Wildman–Crippen MR) is 110 cm³/mol. The summed E-state index contributed by atoms with van der Waals surface area (Å²) in [5.74, 6) is 0.630. The minimum Gasteiger partial charge on any atom is -0.357 e. The summed E-state index contributed by atoms with van der Waals surface area (Å²) in [6.45, 7) is 17.1. The zero-order valence-corrected chi connectivity index (χ0v) is 18.0. The first-order chi connectivity index (χ1) is 10.3. The first-order valence-corrected chi connectivity index (χ1v) is 8.37. The van der Waals surface area contributed by atoms with Gasteiger partial charge in [0, 0.05) is 25.2 Å². The first kappa shape index (κ1) is 24.7. The van der Waals surface area contributed by atoms with Gasteiger partial charge in [-0.3, -0.25) is 4.79 Å². The van der Waals surface area contributed by atoms with E-state index in [-0.39, 0.29) is 42.0 Å². The molecule has 138 valence electrons. The van der Waals surface area contributed by atoms with Crippen molar-refractivity contribution in [1.82, 2.24) is 20.9 Å².